The van der Waals surface area contributed by atoms with Gasteiger partial charge in [0.1, 0.15) is 5.82 Å². The van der Waals surface area contributed by atoms with Gasteiger partial charge in [0.25, 0.3) is 0 Å². The van der Waals surface area contributed by atoms with Crippen LogP contribution in [0.2, 0.25) is 0 Å². The second-order valence-corrected chi connectivity index (χ2v) is 8.26. The molecule has 1 heterocycles. The summed E-state index contributed by atoms with van der Waals surface area (Å²) in [5, 5.41) is 4.94. The van der Waals surface area contributed by atoms with E-state index in [9.17, 15) is 22.4 Å². The molecule has 1 unspecified atom stereocenters. The van der Waals surface area contributed by atoms with E-state index in [1.807, 2.05) is 0 Å². The summed E-state index contributed by atoms with van der Waals surface area (Å²) in [4.78, 5) is 24.9. The molecule has 152 valence electrons. The van der Waals surface area contributed by atoms with Crippen molar-refractivity contribution in [1.29, 1.82) is 0 Å². The van der Waals surface area contributed by atoms with Crippen LogP contribution in [0.1, 0.15) is 18.5 Å². The van der Waals surface area contributed by atoms with Gasteiger partial charge in [0.05, 0.1) is 28.9 Å². The zero-order valence-corrected chi connectivity index (χ0v) is 16.3. The lowest BCUT2D eigenvalue weighted by atomic mass is 9.95. The number of amides is 2. The van der Waals surface area contributed by atoms with Crippen molar-refractivity contribution in [3.8, 4) is 0 Å². The highest BCUT2D eigenvalue weighted by Gasteiger charge is 2.35. The number of sulfone groups is 1. The number of hydrogen-bond acceptors (Lipinski definition) is 5. The summed E-state index contributed by atoms with van der Waals surface area (Å²) in [7, 11) is -3.86. The molecule has 0 saturated carbocycles. The number of hydrogen-bond donors (Lipinski definition) is 2. The van der Waals surface area contributed by atoms with Gasteiger partial charge in [-0.1, -0.05) is 30.3 Å². The van der Waals surface area contributed by atoms with Crippen LogP contribution in [0.5, 0.6) is 0 Å². The fourth-order valence-corrected chi connectivity index (χ4v) is 4.37. The first-order valence-electron chi connectivity index (χ1n) is 8.82. The van der Waals surface area contributed by atoms with Gasteiger partial charge < -0.3 is 15.4 Å². The van der Waals surface area contributed by atoms with E-state index in [0.29, 0.717) is 0 Å². The van der Waals surface area contributed by atoms with Crippen molar-refractivity contribution in [2.24, 2.45) is 0 Å². The minimum Gasteiger partial charge on any atom is -0.463 e. The fourth-order valence-electron chi connectivity index (χ4n) is 3.02. The molecule has 2 aromatic rings. The van der Waals surface area contributed by atoms with Crippen LogP contribution in [0, 0.1) is 5.82 Å². The monoisotopic (exact) mass is 418 g/mol. The van der Waals surface area contributed by atoms with Gasteiger partial charge in [-0.15, -0.1) is 0 Å². The molecule has 0 bridgehead atoms. The lowest BCUT2D eigenvalue weighted by Gasteiger charge is -2.29. The second-order valence-electron chi connectivity index (χ2n) is 6.27. The summed E-state index contributed by atoms with van der Waals surface area (Å²) in [6, 6.07) is 11.3. The third-order valence-corrected chi connectivity index (χ3v) is 5.93. The summed E-state index contributed by atoms with van der Waals surface area (Å²) in [5.41, 5.74) is 0.0967. The second kappa shape index (κ2) is 8.44. The zero-order valence-electron chi connectivity index (χ0n) is 15.5. The Kier molecular flexibility index (Phi) is 5.97. The largest absolute Gasteiger partial charge is 0.463 e. The van der Waals surface area contributed by atoms with Crippen molar-refractivity contribution < 1.29 is 27.1 Å². The first kappa shape index (κ1) is 20.5. The number of rotatable bonds is 6. The van der Waals surface area contributed by atoms with E-state index in [-0.39, 0.29) is 28.3 Å². The number of halogens is 1. The van der Waals surface area contributed by atoms with Crippen molar-refractivity contribution in [3.63, 3.8) is 0 Å². The molecule has 0 aromatic heterocycles. The number of carbonyl (C=O) groups is 2. The van der Waals surface area contributed by atoms with Gasteiger partial charge in [0, 0.05) is 5.70 Å². The average molecular weight is 418 g/mol. The van der Waals surface area contributed by atoms with Gasteiger partial charge in [-0.05, 0) is 36.8 Å². The Bertz CT molecular complexity index is 1070. The number of urea groups is 1. The normalized spacial score (nSPS) is 16.8. The number of carbonyl (C=O) groups excluding carboxylic acids is 2. The van der Waals surface area contributed by atoms with E-state index in [2.05, 4.69) is 10.6 Å². The average Bonchev–Trinajstić information content (AvgIpc) is 2.68. The first-order chi connectivity index (χ1) is 13.8. The summed E-state index contributed by atoms with van der Waals surface area (Å²) in [5.74, 6) is -1.98. The molecule has 29 heavy (non-hydrogen) atoms. The smallest absolute Gasteiger partial charge is 0.338 e. The summed E-state index contributed by atoms with van der Waals surface area (Å²) in [6.07, 6.45) is 0. The topological polar surface area (TPSA) is 102 Å². The molecule has 0 radical (unpaired) electrons. The van der Waals surface area contributed by atoms with E-state index in [1.165, 1.54) is 36.4 Å². The molecular formula is C20H19FN2O5S. The molecule has 3 rings (SSSR count). The van der Waals surface area contributed by atoms with Crippen LogP contribution in [0.3, 0.4) is 0 Å². The maximum absolute atomic E-state index is 13.7. The quantitative estimate of drug-likeness (QED) is 0.702. The maximum atomic E-state index is 13.7. The molecule has 7 nitrogen and oxygen atoms in total. The van der Waals surface area contributed by atoms with Crippen LogP contribution in [-0.2, 0) is 19.4 Å². The van der Waals surface area contributed by atoms with Crippen LogP contribution >= 0.6 is 0 Å². The Hall–Kier alpha value is -3.20. The number of ether oxygens (including phenoxy) is 1. The molecule has 0 fully saturated rings. The minimum absolute atomic E-state index is 0.0465. The lowest BCUT2D eigenvalue weighted by Crippen LogP contribution is -2.47. The molecule has 2 amide bonds. The van der Waals surface area contributed by atoms with Crippen LogP contribution in [0.15, 0.2) is 70.8 Å². The van der Waals surface area contributed by atoms with E-state index in [0.717, 1.165) is 0 Å². The van der Waals surface area contributed by atoms with Gasteiger partial charge in [-0.25, -0.2) is 22.4 Å². The van der Waals surface area contributed by atoms with E-state index in [4.69, 9.17) is 4.74 Å². The van der Waals surface area contributed by atoms with Crippen LogP contribution in [-0.4, -0.2) is 32.8 Å². The summed E-state index contributed by atoms with van der Waals surface area (Å²) >= 11 is 0. The molecule has 2 N–H and O–H groups in total. The van der Waals surface area contributed by atoms with Gasteiger partial charge in [-0.2, -0.15) is 0 Å². The Labute approximate surface area is 167 Å². The van der Waals surface area contributed by atoms with Gasteiger partial charge in [-0.3, -0.25) is 0 Å². The highest BCUT2D eigenvalue weighted by Crippen LogP contribution is 2.29. The fraction of sp³-hybridized carbons (Fsp3) is 0.200. The molecule has 1 aliphatic rings. The van der Waals surface area contributed by atoms with Crippen LogP contribution in [0.4, 0.5) is 9.18 Å². The Balaban J connectivity index is 2.11. The van der Waals surface area contributed by atoms with Crippen molar-refractivity contribution in [3.05, 3.63) is 77.2 Å². The van der Waals surface area contributed by atoms with E-state index in [1.54, 1.807) is 25.1 Å². The SMILES string of the molecule is CCOC(=O)C1=C(CS(=O)(=O)c2ccccc2)NC(=O)NC1c1cccc(F)c1. The number of esters is 1. The molecule has 0 aliphatic carbocycles. The third-order valence-electron chi connectivity index (χ3n) is 4.27. The standard InChI is InChI=1S/C20H19FN2O5S/c1-2-28-19(24)17-16(12-29(26,27)15-9-4-3-5-10-15)22-20(25)23-18(17)13-7-6-8-14(21)11-13/h3-11,18H,2,12H2,1H3,(H2,22,23,25). The van der Waals surface area contributed by atoms with Crippen molar-refractivity contribution in [2.75, 3.05) is 12.4 Å². The van der Waals surface area contributed by atoms with Gasteiger partial charge in [0.15, 0.2) is 9.84 Å². The first-order valence-corrected chi connectivity index (χ1v) is 10.5. The predicted molar refractivity (Wildman–Crippen MR) is 103 cm³/mol. The lowest BCUT2D eigenvalue weighted by molar-refractivity contribution is -0.139. The molecule has 0 spiro atoms. The molecule has 1 aliphatic heterocycles. The molecular weight excluding hydrogens is 399 g/mol. The zero-order chi connectivity index (χ0) is 21.0. The van der Waals surface area contributed by atoms with Crippen LogP contribution in [0.25, 0.3) is 0 Å². The summed E-state index contributed by atoms with van der Waals surface area (Å²) < 4.78 is 44.4. The van der Waals surface area contributed by atoms with E-state index < -0.39 is 39.4 Å². The summed E-state index contributed by atoms with van der Waals surface area (Å²) in [6.45, 7) is 1.65. The molecule has 0 saturated heterocycles. The maximum Gasteiger partial charge on any atom is 0.338 e. The minimum atomic E-state index is -3.86. The highest BCUT2D eigenvalue weighted by atomic mass is 32.2. The van der Waals surface area contributed by atoms with Crippen molar-refractivity contribution in [1.82, 2.24) is 10.6 Å². The molecule has 9 heteroatoms. The number of benzene rings is 2. The van der Waals surface area contributed by atoms with Crippen LogP contribution < -0.4 is 10.6 Å². The van der Waals surface area contributed by atoms with Crippen molar-refractivity contribution in [2.45, 2.75) is 17.9 Å². The Morgan fingerprint density at radius 3 is 2.52 bits per heavy atom. The van der Waals surface area contributed by atoms with Gasteiger partial charge >= 0.3 is 12.0 Å². The van der Waals surface area contributed by atoms with E-state index >= 15 is 0 Å². The Morgan fingerprint density at radius 2 is 1.86 bits per heavy atom. The molecule has 1 atom stereocenters. The Morgan fingerprint density at radius 1 is 1.14 bits per heavy atom. The highest BCUT2D eigenvalue weighted by molar-refractivity contribution is 7.91. The number of nitrogens with one attached hydrogen (secondary N) is 2. The van der Waals surface area contributed by atoms with Gasteiger partial charge in [0.2, 0.25) is 0 Å². The predicted octanol–water partition coefficient (Wildman–Crippen LogP) is 2.47. The third kappa shape index (κ3) is 4.62. The molecule has 2 aromatic carbocycles. The van der Waals surface area contributed by atoms with Crippen molar-refractivity contribution >= 4 is 21.8 Å².